The molecule has 25 heavy (non-hydrogen) atoms. The average molecular weight is 342 g/mol. The van der Waals surface area contributed by atoms with Crippen molar-refractivity contribution in [2.24, 2.45) is 0 Å². The van der Waals surface area contributed by atoms with E-state index in [0.29, 0.717) is 17.2 Å². The highest BCUT2D eigenvalue weighted by Gasteiger charge is 2.27. The molecule has 1 heterocycles. The van der Waals surface area contributed by atoms with Crippen molar-refractivity contribution in [3.63, 3.8) is 0 Å². The van der Waals surface area contributed by atoms with Gasteiger partial charge in [0.2, 0.25) is 12.0 Å². The van der Waals surface area contributed by atoms with Crippen molar-refractivity contribution in [2.45, 2.75) is 12.5 Å². The molecule has 2 aromatic carbocycles. The number of carbonyl (C=O) groups excluding carboxylic acids is 2. The molecule has 1 atom stereocenters. The highest BCUT2D eigenvalue weighted by molar-refractivity contribution is 5.86. The Labute approximate surface area is 144 Å². The number of methoxy groups -OCH3 is 1. The number of fused-ring (bicyclic) bond motifs is 1. The molecule has 2 N–H and O–H groups in total. The molecule has 0 fully saturated rings. The third-order valence-corrected chi connectivity index (χ3v) is 3.67. The van der Waals surface area contributed by atoms with Gasteiger partial charge in [-0.05, 0) is 18.2 Å². The van der Waals surface area contributed by atoms with Crippen LogP contribution in [0.15, 0.2) is 48.5 Å². The second-order valence-corrected chi connectivity index (χ2v) is 5.39. The summed E-state index contributed by atoms with van der Waals surface area (Å²) in [4.78, 5) is 24.1. The van der Waals surface area contributed by atoms with Crippen molar-refractivity contribution in [1.82, 2.24) is 10.9 Å². The largest absolute Gasteiger partial charge is 0.496 e. The van der Waals surface area contributed by atoms with Crippen molar-refractivity contribution in [3.8, 4) is 17.2 Å². The van der Waals surface area contributed by atoms with Crippen molar-refractivity contribution >= 4 is 11.8 Å². The summed E-state index contributed by atoms with van der Waals surface area (Å²) < 4.78 is 16.2. The van der Waals surface area contributed by atoms with Crippen LogP contribution in [0.1, 0.15) is 5.56 Å². The smallest absolute Gasteiger partial charge is 0.283 e. The van der Waals surface area contributed by atoms with Crippen LogP contribution in [0.3, 0.4) is 0 Å². The Kier molecular flexibility index (Phi) is 5.03. The SMILES string of the molecule is COc1ccccc1CC(=O)NNC(=O)[C@H]1COc2ccccc2O1. The summed E-state index contributed by atoms with van der Waals surface area (Å²) in [6.45, 7) is 0.0746. The van der Waals surface area contributed by atoms with Crippen molar-refractivity contribution < 1.29 is 23.8 Å². The van der Waals surface area contributed by atoms with E-state index >= 15 is 0 Å². The zero-order valence-corrected chi connectivity index (χ0v) is 13.7. The quantitative estimate of drug-likeness (QED) is 0.816. The fraction of sp³-hybridized carbons (Fsp3) is 0.222. The second-order valence-electron chi connectivity index (χ2n) is 5.39. The maximum absolute atomic E-state index is 12.1. The zero-order chi connectivity index (χ0) is 17.6. The number of para-hydroxylation sites is 3. The number of amides is 2. The van der Waals surface area contributed by atoms with Gasteiger partial charge in [-0.15, -0.1) is 0 Å². The molecule has 0 aromatic heterocycles. The average Bonchev–Trinajstić information content (AvgIpc) is 2.66. The lowest BCUT2D eigenvalue weighted by atomic mass is 10.1. The number of hydrazine groups is 1. The van der Waals surface area contributed by atoms with E-state index in [1.165, 1.54) is 7.11 Å². The molecule has 0 spiro atoms. The van der Waals surface area contributed by atoms with Crippen molar-refractivity contribution in [2.75, 3.05) is 13.7 Å². The second kappa shape index (κ2) is 7.57. The first-order chi connectivity index (χ1) is 12.2. The summed E-state index contributed by atoms with van der Waals surface area (Å²) in [7, 11) is 1.54. The number of hydrogen-bond donors (Lipinski definition) is 2. The number of rotatable bonds is 4. The summed E-state index contributed by atoms with van der Waals surface area (Å²) in [5, 5.41) is 0. The lowest BCUT2D eigenvalue weighted by molar-refractivity contribution is -0.134. The van der Waals surface area contributed by atoms with Crippen LogP contribution in [0, 0.1) is 0 Å². The fourth-order valence-electron chi connectivity index (χ4n) is 2.43. The summed E-state index contributed by atoms with van der Waals surface area (Å²) in [5.41, 5.74) is 5.46. The molecule has 130 valence electrons. The summed E-state index contributed by atoms with van der Waals surface area (Å²) >= 11 is 0. The topological polar surface area (TPSA) is 85.9 Å². The predicted octanol–water partition coefficient (Wildman–Crippen LogP) is 1.23. The first-order valence-electron chi connectivity index (χ1n) is 7.76. The number of hydrogen-bond acceptors (Lipinski definition) is 5. The van der Waals surface area contributed by atoms with Gasteiger partial charge in [0, 0.05) is 5.56 Å². The normalized spacial score (nSPS) is 15.2. The third kappa shape index (κ3) is 4.00. The molecule has 0 unspecified atom stereocenters. The minimum absolute atomic E-state index is 0.0746. The lowest BCUT2D eigenvalue weighted by Crippen LogP contribution is -2.51. The van der Waals surface area contributed by atoms with Gasteiger partial charge in [-0.2, -0.15) is 0 Å². The Morgan fingerprint density at radius 3 is 2.60 bits per heavy atom. The van der Waals surface area contributed by atoms with E-state index in [1.807, 2.05) is 18.2 Å². The number of benzene rings is 2. The Morgan fingerprint density at radius 2 is 1.80 bits per heavy atom. The van der Waals surface area contributed by atoms with E-state index < -0.39 is 12.0 Å². The standard InChI is InChI=1S/C18H18N2O5/c1-23-13-7-3-2-6-12(13)10-17(21)19-20-18(22)16-11-24-14-8-4-5-9-15(14)25-16/h2-9,16H,10-11H2,1H3,(H,19,21)(H,20,22)/t16-/m1/s1. The molecule has 1 aliphatic rings. The lowest BCUT2D eigenvalue weighted by Gasteiger charge is -2.25. The molecule has 0 radical (unpaired) electrons. The monoisotopic (exact) mass is 342 g/mol. The first kappa shape index (κ1) is 16.6. The van der Waals surface area contributed by atoms with E-state index in [9.17, 15) is 9.59 Å². The van der Waals surface area contributed by atoms with Crippen molar-refractivity contribution in [3.05, 3.63) is 54.1 Å². The van der Waals surface area contributed by atoms with Crippen LogP contribution in [0.25, 0.3) is 0 Å². The van der Waals surface area contributed by atoms with Crippen LogP contribution in [0.2, 0.25) is 0 Å². The van der Waals surface area contributed by atoms with Gasteiger partial charge >= 0.3 is 0 Å². The van der Waals surface area contributed by atoms with Gasteiger partial charge in [0.15, 0.2) is 11.5 Å². The summed E-state index contributed by atoms with van der Waals surface area (Å²) in [5.74, 6) is 0.850. The molecule has 2 amide bonds. The molecule has 1 aliphatic heterocycles. The highest BCUT2D eigenvalue weighted by atomic mass is 16.6. The number of ether oxygens (including phenoxy) is 3. The van der Waals surface area contributed by atoms with Crippen LogP contribution >= 0.6 is 0 Å². The molecule has 7 heteroatoms. The molecular weight excluding hydrogens is 324 g/mol. The predicted molar refractivity (Wildman–Crippen MR) is 89.3 cm³/mol. The van der Waals surface area contributed by atoms with E-state index in [0.717, 1.165) is 5.56 Å². The molecule has 0 aliphatic carbocycles. The molecule has 0 saturated carbocycles. The van der Waals surface area contributed by atoms with Crippen LogP contribution in [-0.4, -0.2) is 31.6 Å². The van der Waals surface area contributed by atoms with Gasteiger partial charge in [0.1, 0.15) is 12.4 Å². The minimum Gasteiger partial charge on any atom is -0.496 e. The summed E-state index contributed by atoms with van der Waals surface area (Å²) in [6, 6.07) is 14.3. The Hall–Kier alpha value is -3.22. The minimum atomic E-state index is -0.832. The summed E-state index contributed by atoms with van der Waals surface area (Å²) in [6.07, 6.45) is -0.753. The van der Waals surface area contributed by atoms with Crippen LogP contribution in [0.4, 0.5) is 0 Å². The van der Waals surface area contributed by atoms with Crippen LogP contribution < -0.4 is 25.1 Å². The van der Waals surface area contributed by atoms with Gasteiger partial charge < -0.3 is 14.2 Å². The maximum Gasteiger partial charge on any atom is 0.283 e. The highest BCUT2D eigenvalue weighted by Crippen LogP contribution is 2.30. The molecule has 7 nitrogen and oxygen atoms in total. The molecule has 3 rings (SSSR count). The van der Waals surface area contributed by atoms with Crippen LogP contribution in [0.5, 0.6) is 17.2 Å². The molecule has 0 bridgehead atoms. The van der Waals surface area contributed by atoms with Gasteiger partial charge in [-0.3, -0.25) is 20.4 Å². The van der Waals surface area contributed by atoms with Gasteiger partial charge in [0.05, 0.1) is 13.5 Å². The van der Waals surface area contributed by atoms with E-state index in [4.69, 9.17) is 14.2 Å². The van der Waals surface area contributed by atoms with E-state index in [2.05, 4.69) is 10.9 Å². The van der Waals surface area contributed by atoms with Gasteiger partial charge in [-0.25, -0.2) is 0 Å². The van der Waals surface area contributed by atoms with E-state index in [1.54, 1.807) is 30.3 Å². The maximum atomic E-state index is 12.1. The molecule has 2 aromatic rings. The fourth-order valence-corrected chi connectivity index (χ4v) is 2.43. The van der Waals surface area contributed by atoms with Gasteiger partial charge in [-0.1, -0.05) is 30.3 Å². The van der Waals surface area contributed by atoms with Crippen molar-refractivity contribution in [1.29, 1.82) is 0 Å². The molecule has 0 saturated heterocycles. The van der Waals surface area contributed by atoms with Gasteiger partial charge in [0.25, 0.3) is 5.91 Å². The Morgan fingerprint density at radius 1 is 1.08 bits per heavy atom. The molecular formula is C18H18N2O5. The Balaban J connectivity index is 1.52. The zero-order valence-electron chi connectivity index (χ0n) is 13.7. The Bertz CT molecular complexity index is 778. The first-order valence-corrected chi connectivity index (χ1v) is 7.76. The van der Waals surface area contributed by atoms with E-state index in [-0.39, 0.29) is 18.9 Å². The number of nitrogens with one attached hydrogen (secondary N) is 2. The van der Waals surface area contributed by atoms with Crippen LogP contribution in [-0.2, 0) is 16.0 Å². The third-order valence-electron chi connectivity index (χ3n) is 3.67. The number of carbonyl (C=O) groups is 2.